The van der Waals surface area contributed by atoms with Crippen molar-refractivity contribution < 1.29 is 4.79 Å². The summed E-state index contributed by atoms with van der Waals surface area (Å²) < 4.78 is 0. The summed E-state index contributed by atoms with van der Waals surface area (Å²) >= 11 is 0. The lowest BCUT2D eigenvalue weighted by molar-refractivity contribution is -0.124. The van der Waals surface area contributed by atoms with Crippen LogP contribution in [0.2, 0.25) is 0 Å². The number of hydrogen-bond acceptors (Lipinski definition) is 5. The van der Waals surface area contributed by atoms with Gasteiger partial charge in [-0.3, -0.25) is 14.6 Å². The van der Waals surface area contributed by atoms with Gasteiger partial charge in [0.05, 0.1) is 17.8 Å². The average Bonchev–Trinajstić information content (AvgIpc) is 3.04. The van der Waals surface area contributed by atoms with E-state index in [0.717, 1.165) is 24.2 Å². The zero-order chi connectivity index (χ0) is 15.4. The monoisotopic (exact) mass is 299 g/mol. The van der Waals surface area contributed by atoms with Crippen LogP contribution >= 0.6 is 0 Å². The highest BCUT2D eigenvalue weighted by Gasteiger charge is 2.28. The van der Waals surface area contributed by atoms with E-state index in [4.69, 9.17) is 0 Å². The largest absolute Gasteiger partial charge is 0.369 e. The lowest BCUT2D eigenvalue weighted by atomic mass is 10.1. The van der Waals surface area contributed by atoms with Crippen LogP contribution in [0.1, 0.15) is 12.0 Å². The Morgan fingerprint density at radius 3 is 3.14 bits per heavy atom. The van der Waals surface area contributed by atoms with Gasteiger partial charge in [-0.1, -0.05) is 6.07 Å². The maximum Gasteiger partial charge on any atom is 0.266 e. The SMILES string of the molecule is O=C(NCc1cccnc1)C1CCN(c2cn[nH]c(=O)c2)C1. The van der Waals surface area contributed by atoms with Crippen LogP contribution in [-0.2, 0) is 11.3 Å². The van der Waals surface area contributed by atoms with Crippen molar-refractivity contribution in [1.29, 1.82) is 0 Å². The number of anilines is 1. The Morgan fingerprint density at radius 2 is 2.36 bits per heavy atom. The summed E-state index contributed by atoms with van der Waals surface area (Å²) in [5.74, 6) is -0.0416. The van der Waals surface area contributed by atoms with E-state index in [1.165, 1.54) is 6.07 Å². The Balaban J connectivity index is 1.56. The molecule has 114 valence electrons. The molecule has 22 heavy (non-hydrogen) atoms. The molecule has 0 saturated carbocycles. The first-order chi connectivity index (χ1) is 10.7. The lowest BCUT2D eigenvalue weighted by Crippen LogP contribution is -2.32. The molecule has 1 aliphatic heterocycles. The van der Waals surface area contributed by atoms with Gasteiger partial charge < -0.3 is 10.2 Å². The number of hydrogen-bond donors (Lipinski definition) is 2. The fraction of sp³-hybridized carbons (Fsp3) is 0.333. The quantitative estimate of drug-likeness (QED) is 0.848. The highest BCUT2D eigenvalue weighted by atomic mass is 16.2. The number of carbonyl (C=O) groups excluding carboxylic acids is 1. The second-order valence-electron chi connectivity index (χ2n) is 5.31. The molecule has 1 atom stereocenters. The minimum atomic E-state index is -0.234. The van der Waals surface area contributed by atoms with Crippen LogP contribution in [0.5, 0.6) is 0 Å². The molecule has 2 aromatic heterocycles. The molecule has 0 aromatic carbocycles. The number of amides is 1. The molecule has 0 aliphatic carbocycles. The lowest BCUT2D eigenvalue weighted by Gasteiger charge is -2.17. The molecule has 0 radical (unpaired) electrons. The molecular weight excluding hydrogens is 282 g/mol. The molecule has 3 heterocycles. The Labute approximate surface area is 127 Å². The smallest absolute Gasteiger partial charge is 0.266 e. The van der Waals surface area contributed by atoms with Crippen molar-refractivity contribution in [3.05, 3.63) is 52.7 Å². The van der Waals surface area contributed by atoms with E-state index in [0.29, 0.717) is 13.1 Å². The van der Waals surface area contributed by atoms with Gasteiger partial charge in [0.1, 0.15) is 0 Å². The maximum atomic E-state index is 12.2. The van der Waals surface area contributed by atoms with Gasteiger partial charge in [-0.25, -0.2) is 5.10 Å². The fourth-order valence-corrected chi connectivity index (χ4v) is 2.58. The number of aromatic amines is 1. The molecule has 0 spiro atoms. The molecule has 1 aliphatic rings. The van der Waals surface area contributed by atoms with Gasteiger partial charge in [-0.2, -0.15) is 5.10 Å². The average molecular weight is 299 g/mol. The number of aromatic nitrogens is 3. The predicted molar refractivity (Wildman–Crippen MR) is 81.3 cm³/mol. The topological polar surface area (TPSA) is 91.0 Å². The molecule has 2 N–H and O–H groups in total. The van der Waals surface area contributed by atoms with Gasteiger partial charge in [0.25, 0.3) is 5.56 Å². The van der Waals surface area contributed by atoms with Crippen molar-refractivity contribution in [3.8, 4) is 0 Å². The van der Waals surface area contributed by atoms with E-state index in [-0.39, 0.29) is 17.4 Å². The van der Waals surface area contributed by atoms with E-state index in [1.807, 2.05) is 17.0 Å². The van der Waals surface area contributed by atoms with Gasteiger partial charge in [0.15, 0.2) is 0 Å². The summed E-state index contributed by atoms with van der Waals surface area (Å²) in [5, 5.41) is 9.07. The number of rotatable bonds is 4. The standard InChI is InChI=1S/C15H17N5O2/c21-14-6-13(9-18-19-14)20-5-3-12(10-20)15(22)17-8-11-2-1-4-16-7-11/h1-2,4,6-7,9,12H,3,5,8,10H2,(H,17,22)(H,19,21). The minimum absolute atomic E-state index is 0.0316. The van der Waals surface area contributed by atoms with Crippen molar-refractivity contribution in [2.75, 3.05) is 18.0 Å². The Bertz CT molecular complexity index is 700. The van der Waals surface area contributed by atoms with E-state index in [1.54, 1.807) is 18.6 Å². The highest BCUT2D eigenvalue weighted by molar-refractivity contribution is 5.80. The fourth-order valence-electron chi connectivity index (χ4n) is 2.58. The van der Waals surface area contributed by atoms with Gasteiger partial charge in [-0.05, 0) is 18.1 Å². The Kier molecular flexibility index (Phi) is 4.13. The first-order valence-corrected chi connectivity index (χ1v) is 7.18. The van der Waals surface area contributed by atoms with Crippen molar-refractivity contribution in [3.63, 3.8) is 0 Å². The highest BCUT2D eigenvalue weighted by Crippen LogP contribution is 2.22. The van der Waals surface area contributed by atoms with Gasteiger partial charge in [-0.15, -0.1) is 0 Å². The van der Waals surface area contributed by atoms with Crippen LogP contribution in [-0.4, -0.2) is 34.2 Å². The number of carbonyl (C=O) groups is 1. The summed E-state index contributed by atoms with van der Waals surface area (Å²) in [4.78, 5) is 29.5. The van der Waals surface area contributed by atoms with E-state index in [9.17, 15) is 9.59 Å². The minimum Gasteiger partial charge on any atom is -0.369 e. The molecule has 3 rings (SSSR count). The summed E-state index contributed by atoms with van der Waals surface area (Å²) in [6, 6.07) is 5.28. The zero-order valence-electron chi connectivity index (χ0n) is 12.0. The first-order valence-electron chi connectivity index (χ1n) is 7.18. The van der Waals surface area contributed by atoms with E-state index >= 15 is 0 Å². The van der Waals surface area contributed by atoms with Crippen molar-refractivity contribution >= 4 is 11.6 Å². The van der Waals surface area contributed by atoms with Crippen LogP contribution in [0.4, 0.5) is 5.69 Å². The van der Waals surface area contributed by atoms with Gasteiger partial charge in [0.2, 0.25) is 5.91 Å². The normalized spacial score (nSPS) is 17.5. The maximum absolute atomic E-state index is 12.2. The summed E-state index contributed by atoms with van der Waals surface area (Å²) in [5.41, 5.74) is 1.50. The van der Waals surface area contributed by atoms with Crippen molar-refractivity contribution in [2.24, 2.45) is 5.92 Å². The number of pyridine rings is 1. The molecule has 1 unspecified atom stereocenters. The Morgan fingerprint density at radius 1 is 1.45 bits per heavy atom. The van der Waals surface area contributed by atoms with E-state index < -0.39 is 0 Å². The van der Waals surface area contributed by atoms with E-state index in [2.05, 4.69) is 20.5 Å². The van der Waals surface area contributed by atoms with Gasteiger partial charge >= 0.3 is 0 Å². The molecular formula is C15H17N5O2. The zero-order valence-corrected chi connectivity index (χ0v) is 12.0. The summed E-state index contributed by atoms with van der Waals surface area (Å²) in [6.45, 7) is 1.83. The molecule has 1 saturated heterocycles. The van der Waals surface area contributed by atoms with Crippen LogP contribution in [0, 0.1) is 5.92 Å². The summed E-state index contributed by atoms with van der Waals surface area (Å²) in [7, 11) is 0. The van der Waals surface area contributed by atoms with Gasteiger partial charge in [0, 0.05) is 38.1 Å². The number of H-pyrrole nitrogens is 1. The summed E-state index contributed by atoms with van der Waals surface area (Å²) in [6.07, 6.45) is 5.82. The molecule has 1 amide bonds. The van der Waals surface area contributed by atoms with Crippen LogP contribution in [0.3, 0.4) is 0 Å². The van der Waals surface area contributed by atoms with Crippen molar-refractivity contribution in [2.45, 2.75) is 13.0 Å². The Hall–Kier alpha value is -2.70. The number of nitrogens with one attached hydrogen (secondary N) is 2. The van der Waals surface area contributed by atoms with Crippen LogP contribution in [0.25, 0.3) is 0 Å². The molecule has 7 heteroatoms. The third kappa shape index (κ3) is 3.30. The second-order valence-corrected chi connectivity index (χ2v) is 5.31. The number of nitrogens with zero attached hydrogens (tertiary/aromatic N) is 3. The molecule has 7 nitrogen and oxygen atoms in total. The second kappa shape index (κ2) is 6.38. The van der Waals surface area contributed by atoms with Crippen LogP contribution in [0.15, 0.2) is 41.6 Å². The third-order valence-electron chi connectivity index (χ3n) is 3.76. The first kappa shape index (κ1) is 14.2. The third-order valence-corrected chi connectivity index (χ3v) is 3.76. The van der Waals surface area contributed by atoms with Crippen LogP contribution < -0.4 is 15.8 Å². The van der Waals surface area contributed by atoms with Crippen molar-refractivity contribution in [1.82, 2.24) is 20.5 Å². The molecule has 2 aromatic rings. The molecule has 1 fully saturated rings. The molecule has 0 bridgehead atoms. The predicted octanol–water partition coefficient (Wildman–Crippen LogP) is 0.308.